The minimum atomic E-state index is -0.383. The molecule has 2 aromatic rings. The van der Waals surface area contributed by atoms with Crippen molar-refractivity contribution in [3.8, 4) is 22.6 Å². The first-order chi connectivity index (χ1) is 15.0. The van der Waals surface area contributed by atoms with Gasteiger partial charge in [0.25, 0.3) is 0 Å². The fourth-order valence-corrected chi connectivity index (χ4v) is 6.81. The highest BCUT2D eigenvalue weighted by atomic mass is 16.5. The number of benzene rings is 2. The lowest BCUT2D eigenvalue weighted by molar-refractivity contribution is -0.137. The summed E-state index contributed by atoms with van der Waals surface area (Å²) in [5, 5.41) is 21.4. The number of ether oxygens (including phenoxy) is 1. The van der Waals surface area contributed by atoms with Crippen LogP contribution in [0.3, 0.4) is 0 Å². The van der Waals surface area contributed by atoms with Gasteiger partial charge in [-0.15, -0.1) is 0 Å². The minimum absolute atomic E-state index is 0.0753. The van der Waals surface area contributed by atoms with Crippen LogP contribution < -0.4 is 0 Å². The van der Waals surface area contributed by atoms with Crippen molar-refractivity contribution in [2.75, 3.05) is 6.61 Å². The van der Waals surface area contributed by atoms with Gasteiger partial charge < -0.3 is 14.9 Å². The van der Waals surface area contributed by atoms with Crippen molar-refractivity contribution in [2.24, 2.45) is 17.8 Å². The number of hydrogen-bond acceptors (Lipinski definition) is 4. The first-order valence-electron chi connectivity index (χ1n) is 11.5. The first-order valence-corrected chi connectivity index (χ1v) is 11.5. The Morgan fingerprint density at radius 2 is 1.65 bits per heavy atom. The fraction of sp³-hybridized carbons (Fsp3) is 0.444. The highest BCUT2D eigenvalue weighted by Gasteiger charge is 2.52. The number of phenols is 2. The third kappa shape index (κ3) is 3.73. The minimum Gasteiger partial charge on any atom is -0.508 e. The molecule has 31 heavy (non-hydrogen) atoms. The number of phenolic OH excluding ortho intramolecular Hbond substituents is 2. The van der Waals surface area contributed by atoms with Gasteiger partial charge in [0.15, 0.2) is 0 Å². The molecule has 4 fully saturated rings. The summed E-state index contributed by atoms with van der Waals surface area (Å²) in [6.45, 7) is 2.11. The van der Waals surface area contributed by atoms with E-state index in [4.69, 9.17) is 4.74 Å². The van der Waals surface area contributed by atoms with E-state index >= 15 is 0 Å². The topological polar surface area (TPSA) is 66.8 Å². The molecule has 0 saturated heterocycles. The zero-order chi connectivity index (χ0) is 21.6. The molecule has 0 aliphatic heterocycles. The van der Waals surface area contributed by atoms with E-state index in [2.05, 4.69) is 6.07 Å². The number of aromatic hydroxyl groups is 2. The molecule has 0 atom stereocenters. The summed E-state index contributed by atoms with van der Waals surface area (Å²) >= 11 is 0. The Hall–Kier alpha value is -2.75. The maximum atomic E-state index is 11.6. The normalized spacial score (nSPS) is 28.9. The van der Waals surface area contributed by atoms with Crippen molar-refractivity contribution in [1.82, 2.24) is 0 Å². The van der Waals surface area contributed by atoms with Crippen LogP contribution in [-0.4, -0.2) is 22.8 Å². The van der Waals surface area contributed by atoms with Crippen molar-refractivity contribution in [3.63, 3.8) is 0 Å². The first kappa shape index (κ1) is 20.2. The molecule has 2 aromatic carbocycles. The van der Waals surface area contributed by atoms with Gasteiger partial charge >= 0.3 is 5.97 Å². The molecule has 0 radical (unpaired) electrons. The van der Waals surface area contributed by atoms with Crippen LogP contribution in [0, 0.1) is 17.8 Å². The second kappa shape index (κ2) is 7.74. The molecular formula is C27H30O4. The number of rotatable bonds is 5. The van der Waals surface area contributed by atoms with Gasteiger partial charge in [0.05, 0.1) is 6.61 Å². The SMILES string of the molecule is CCOC(=O)/C=C/c1ccc(O)c(-c2ccc(O)c(C34CC5CC(CC(C5)C3)C4)c2)c1. The van der Waals surface area contributed by atoms with Gasteiger partial charge in [0.2, 0.25) is 0 Å². The quantitative estimate of drug-likeness (QED) is 0.475. The van der Waals surface area contributed by atoms with Crippen LogP contribution in [0.25, 0.3) is 17.2 Å². The number of carbonyl (C=O) groups excluding carboxylic acids is 1. The monoisotopic (exact) mass is 418 g/mol. The largest absolute Gasteiger partial charge is 0.508 e. The molecule has 4 saturated carbocycles. The van der Waals surface area contributed by atoms with Crippen LogP contribution in [0.4, 0.5) is 0 Å². The second-order valence-corrected chi connectivity index (χ2v) is 9.79. The van der Waals surface area contributed by atoms with Gasteiger partial charge in [-0.2, -0.15) is 0 Å². The average molecular weight is 419 g/mol. The summed E-state index contributed by atoms with van der Waals surface area (Å²) in [7, 11) is 0. The van der Waals surface area contributed by atoms with Gasteiger partial charge in [0, 0.05) is 17.2 Å². The van der Waals surface area contributed by atoms with Crippen LogP contribution in [0.2, 0.25) is 0 Å². The maximum Gasteiger partial charge on any atom is 0.330 e. The van der Waals surface area contributed by atoms with Crippen LogP contribution >= 0.6 is 0 Å². The molecule has 0 aromatic heterocycles. The van der Waals surface area contributed by atoms with Gasteiger partial charge in [-0.05, 0) is 110 Å². The number of esters is 1. The summed E-state index contributed by atoms with van der Waals surface area (Å²) in [6.07, 6.45) is 10.7. The lowest BCUT2D eigenvalue weighted by Gasteiger charge is -2.57. The molecule has 0 spiro atoms. The standard InChI is InChI=1S/C27H30O4/c1-2-31-26(30)8-4-17-3-6-24(28)22(12-17)21-5-7-25(29)23(13-21)27-14-18-9-19(15-27)11-20(10-18)16-27/h3-8,12-13,18-20,28-29H,2,9-11,14-16H2,1H3/b8-4+. The van der Waals surface area contributed by atoms with E-state index in [-0.39, 0.29) is 17.1 Å². The molecule has 2 N–H and O–H groups in total. The van der Waals surface area contributed by atoms with Crippen molar-refractivity contribution < 1.29 is 19.7 Å². The van der Waals surface area contributed by atoms with Crippen molar-refractivity contribution in [2.45, 2.75) is 50.9 Å². The molecular weight excluding hydrogens is 388 g/mol. The van der Waals surface area contributed by atoms with Crippen molar-refractivity contribution >= 4 is 12.0 Å². The summed E-state index contributed by atoms with van der Waals surface area (Å²) in [5.74, 6) is 2.56. The summed E-state index contributed by atoms with van der Waals surface area (Å²) < 4.78 is 4.95. The molecule has 6 rings (SSSR count). The van der Waals surface area contributed by atoms with Gasteiger partial charge in [0.1, 0.15) is 11.5 Å². The Balaban J connectivity index is 1.50. The lowest BCUT2D eigenvalue weighted by Crippen LogP contribution is -2.48. The molecule has 162 valence electrons. The van der Waals surface area contributed by atoms with Crippen molar-refractivity contribution in [3.05, 3.63) is 53.6 Å². The Morgan fingerprint density at radius 1 is 1.00 bits per heavy atom. The summed E-state index contributed by atoms with van der Waals surface area (Å²) in [6, 6.07) is 11.0. The van der Waals surface area contributed by atoms with E-state index in [1.807, 2.05) is 12.1 Å². The highest BCUT2D eigenvalue weighted by molar-refractivity contribution is 5.87. The third-order valence-corrected chi connectivity index (χ3v) is 7.64. The van der Waals surface area contributed by atoms with E-state index in [1.54, 1.807) is 31.2 Å². The van der Waals surface area contributed by atoms with E-state index < -0.39 is 0 Å². The summed E-state index contributed by atoms with van der Waals surface area (Å²) in [5.41, 5.74) is 3.54. The van der Waals surface area contributed by atoms with Crippen molar-refractivity contribution in [1.29, 1.82) is 0 Å². The Kier molecular flexibility index (Phi) is 5.04. The fourth-order valence-electron chi connectivity index (χ4n) is 6.81. The highest BCUT2D eigenvalue weighted by Crippen LogP contribution is 2.62. The van der Waals surface area contributed by atoms with E-state index in [9.17, 15) is 15.0 Å². The molecule has 0 unspecified atom stereocenters. The molecule has 4 bridgehead atoms. The predicted molar refractivity (Wildman–Crippen MR) is 121 cm³/mol. The smallest absolute Gasteiger partial charge is 0.330 e. The maximum absolute atomic E-state index is 11.6. The number of hydrogen-bond donors (Lipinski definition) is 2. The Labute approximate surface area is 183 Å². The molecule has 0 heterocycles. The van der Waals surface area contributed by atoms with Crippen LogP contribution in [-0.2, 0) is 14.9 Å². The van der Waals surface area contributed by atoms with E-state index in [0.717, 1.165) is 34.4 Å². The average Bonchev–Trinajstić information content (AvgIpc) is 2.73. The summed E-state index contributed by atoms with van der Waals surface area (Å²) in [4.78, 5) is 11.6. The van der Waals surface area contributed by atoms with Crippen LogP contribution in [0.5, 0.6) is 11.5 Å². The molecule has 4 heteroatoms. The Bertz CT molecular complexity index is 1000. The Morgan fingerprint density at radius 3 is 2.29 bits per heavy atom. The van der Waals surface area contributed by atoms with Gasteiger partial charge in [-0.1, -0.05) is 12.1 Å². The molecule has 4 aliphatic carbocycles. The number of carbonyl (C=O) groups is 1. The second-order valence-electron chi connectivity index (χ2n) is 9.79. The lowest BCUT2D eigenvalue weighted by atomic mass is 9.48. The zero-order valence-electron chi connectivity index (χ0n) is 18.0. The molecule has 4 aliphatic rings. The zero-order valence-corrected chi connectivity index (χ0v) is 18.0. The van der Waals surface area contributed by atoms with Crippen LogP contribution in [0.1, 0.15) is 56.6 Å². The van der Waals surface area contributed by atoms with Gasteiger partial charge in [-0.25, -0.2) is 4.79 Å². The third-order valence-electron chi connectivity index (χ3n) is 7.64. The van der Waals surface area contributed by atoms with E-state index in [0.29, 0.717) is 17.9 Å². The van der Waals surface area contributed by atoms with Crippen LogP contribution in [0.15, 0.2) is 42.5 Å². The molecule has 4 nitrogen and oxygen atoms in total. The predicted octanol–water partition coefficient (Wildman–Crippen LogP) is 5.81. The van der Waals surface area contributed by atoms with Gasteiger partial charge in [-0.3, -0.25) is 0 Å². The van der Waals surface area contributed by atoms with E-state index in [1.165, 1.54) is 44.6 Å². The molecule has 0 amide bonds.